The van der Waals surface area contributed by atoms with Gasteiger partial charge >= 0.3 is 0 Å². The minimum absolute atomic E-state index is 0.729. The summed E-state index contributed by atoms with van der Waals surface area (Å²) in [6, 6.07) is 1.97. The molecule has 1 aliphatic rings. The summed E-state index contributed by atoms with van der Waals surface area (Å²) in [5.41, 5.74) is 1.17. The zero-order valence-corrected chi connectivity index (χ0v) is 9.17. The summed E-state index contributed by atoms with van der Waals surface area (Å²) in [4.78, 5) is 4.17. The largest absolute Gasteiger partial charge is 0.477 e. The molecule has 1 heterocycles. The lowest BCUT2D eigenvalue weighted by Gasteiger charge is -2.07. The lowest BCUT2D eigenvalue weighted by molar-refractivity contribution is 0.286. The average molecular weight is 242 g/mol. The van der Waals surface area contributed by atoms with Gasteiger partial charge in [0.2, 0.25) is 5.88 Å². The Morgan fingerprint density at radius 1 is 1.62 bits per heavy atom. The molecule has 0 radical (unpaired) electrons. The van der Waals surface area contributed by atoms with Crippen molar-refractivity contribution in [1.29, 1.82) is 0 Å². The molecule has 13 heavy (non-hydrogen) atoms. The molecule has 0 N–H and O–H groups in total. The number of halogens is 1. The minimum atomic E-state index is 0.729. The van der Waals surface area contributed by atoms with Crippen LogP contribution in [0.4, 0.5) is 0 Å². The molecule has 0 amide bonds. The second-order valence-corrected chi connectivity index (χ2v) is 4.29. The molecular weight excluding hydrogens is 230 g/mol. The molecule has 1 aromatic heterocycles. The Bertz CT molecular complexity index is 310. The van der Waals surface area contributed by atoms with E-state index in [1.54, 1.807) is 6.20 Å². The number of hydrogen-bond donors (Lipinski definition) is 0. The third kappa shape index (κ3) is 2.21. The van der Waals surface area contributed by atoms with Crippen molar-refractivity contribution in [2.24, 2.45) is 5.92 Å². The summed E-state index contributed by atoms with van der Waals surface area (Å²) in [5, 5.41) is 0. The molecule has 1 saturated carbocycles. The van der Waals surface area contributed by atoms with Crippen molar-refractivity contribution in [1.82, 2.24) is 4.98 Å². The predicted octanol–water partition coefficient (Wildman–Crippen LogP) is 2.94. The molecular formula is C10H12BrNO. The van der Waals surface area contributed by atoms with Gasteiger partial charge in [0.15, 0.2) is 0 Å². The van der Waals surface area contributed by atoms with Gasteiger partial charge in [-0.15, -0.1) is 0 Å². The minimum Gasteiger partial charge on any atom is -0.477 e. The van der Waals surface area contributed by atoms with Gasteiger partial charge in [-0.1, -0.05) is 0 Å². The summed E-state index contributed by atoms with van der Waals surface area (Å²) in [6.45, 7) is 2.85. The van der Waals surface area contributed by atoms with Gasteiger partial charge in [-0.3, -0.25) is 0 Å². The van der Waals surface area contributed by atoms with Crippen LogP contribution < -0.4 is 4.74 Å². The maximum Gasteiger partial charge on any atom is 0.228 e. The highest BCUT2D eigenvalue weighted by atomic mass is 79.9. The van der Waals surface area contributed by atoms with Crippen LogP contribution in [0.15, 0.2) is 16.7 Å². The average Bonchev–Trinajstić information content (AvgIpc) is 2.91. The van der Waals surface area contributed by atoms with Crippen molar-refractivity contribution < 1.29 is 4.74 Å². The SMILES string of the molecule is Cc1ccnc(OCC2CC2)c1Br. The molecule has 0 atom stereocenters. The van der Waals surface area contributed by atoms with Crippen LogP contribution >= 0.6 is 15.9 Å². The van der Waals surface area contributed by atoms with Crippen molar-refractivity contribution in [2.45, 2.75) is 19.8 Å². The number of aryl methyl sites for hydroxylation is 1. The number of aromatic nitrogens is 1. The first-order chi connectivity index (χ1) is 6.27. The summed E-state index contributed by atoms with van der Waals surface area (Å²) in [7, 11) is 0. The molecule has 0 spiro atoms. The van der Waals surface area contributed by atoms with Gasteiger partial charge in [-0.25, -0.2) is 4.98 Å². The zero-order valence-electron chi connectivity index (χ0n) is 7.59. The molecule has 2 nitrogen and oxygen atoms in total. The summed E-state index contributed by atoms with van der Waals surface area (Å²) >= 11 is 3.46. The lowest BCUT2D eigenvalue weighted by Crippen LogP contribution is -2.01. The van der Waals surface area contributed by atoms with Crippen LogP contribution in [0, 0.1) is 12.8 Å². The summed E-state index contributed by atoms with van der Waals surface area (Å²) in [6.07, 6.45) is 4.40. The van der Waals surface area contributed by atoms with Crippen molar-refractivity contribution in [3.05, 3.63) is 22.3 Å². The van der Waals surface area contributed by atoms with Crippen LogP contribution in [0.2, 0.25) is 0 Å². The molecule has 70 valence electrons. The molecule has 3 heteroatoms. The van der Waals surface area contributed by atoms with E-state index < -0.39 is 0 Å². The number of nitrogens with zero attached hydrogens (tertiary/aromatic N) is 1. The Morgan fingerprint density at radius 3 is 3.08 bits per heavy atom. The Labute approximate surface area is 86.5 Å². The predicted molar refractivity (Wildman–Crippen MR) is 54.9 cm³/mol. The monoisotopic (exact) mass is 241 g/mol. The van der Waals surface area contributed by atoms with E-state index in [4.69, 9.17) is 4.74 Å². The lowest BCUT2D eigenvalue weighted by atomic mass is 10.3. The standard InChI is InChI=1S/C10H12BrNO/c1-7-4-5-12-10(9(7)11)13-6-8-2-3-8/h4-5,8H,2-3,6H2,1H3. The van der Waals surface area contributed by atoms with E-state index in [9.17, 15) is 0 Å². The molecule has 1 fully saturated rings. The third-order valence-electron chi connectivity index (χ3n) is 2.20. The van der Waals surface area contributed by atoms with E-state index in [2.05, 4.69) is 20.9 Å². The maximum atomic E-state index is 5.58. The molecule has 0 bridgehead atoms. The van der Waals surface area contributed by atoms with Gasteiger partial charge in [0.1, 0.15) is 0 Å². The van der Waals surface area contributed by atoms with E-state index in [0.29, 0.717) is 0 Å². The van der Waals surface area contributed by atoms with Crippen LogP contribution in [0.3, 0.4) is 0 Å². The molecule has 0 unspecified atom stereocenters. The van der Waals surface area contributed by atoms with Crippen LogP contribution in [0.25, 0.3) is 0 Å². The van der Waals surface area contributed by atoms with Crippen molar-refractivity contribution >= 4 is 15.9 Å². The van der Waals surface area contributed by atoms with Crippen LogP contribution in [-0.4, -0.2) is 11.6 Å². The number of ether oxygens (including phenoxy) is 1. The van der Waals surface area contributed by atoms with Gasteiger partial charge < -0.3 is 4.74 Å². The zero-order chi connectivity index (χ0) is 9.26. The second kappa shape index (κ2) is 3.66. The molecule has 0 saturated heterocycles. The van der Waals surface area contributed by atoms with Crippen molar-refractivity contribution in [3.63, 3.8) is 0 Å². The Hall–Kier alpha value is -0.570. The van der Waals surface area contributed by atoms with Gasteiger partial charge in [0.05, 0.1) is 11.1 Å². The van der Waals surface area contributed by atoms with Gasteiger partial charge in [0.25, 0.3) is 0 Å². The topological polar surface area (TPSA) is 22.1 Å². The number of rotatable bonds is 3. The van der Waals surface area contributed by atoms with Crippen LogP contribution in [0.1, 0.15) is 18.4 Å². The first-order valence-electron chi connectivity index (χ1n) is 4.51. The Kier molecular flexibility index (Phi) is 2.54. The fraction of sp³-hybridized carbons (Fsp3) is 0.500. The molecule has 1 aromatic rings. The first-order valence-corrected chi connectivity index (χ1v) is 5.30. The van der Waals surface area contributed by atoms with Gasteiger partial charge in [0, 0.05) is 6.20 Å². The van der Waals surface area contributed by atoms with Crippen LogP contribution in [-0.2, 0) is 0 Å². The fourth-order valence-electron chi connectivity index (χ4n) is 1.10. The Balaban J connectivity index is 2.05. The number of pyridine rings is 1. The van der Waals surface area contributed by atoms with E-state index in [-0.39, 0.29) is 0 Å². The first kappa shape index (κ1) is 9.00. The normalized spacial score (nSPS) is 15.8. The van der Waals surface area contributed by atoms with E-state index >= 15 is 0 Å². The molecule has 0 aromatic carbocycles. The highest BCUT2D eigenvalue weighted by molar-refractivity contribution is 9.10. The molecule has 2 rings (SSSR count). The van der Waals surface area contributed by atoms with Gasteiger partial charge in [-0.2, -0.15) is 0 Å². The highest BCUT2D eigenvalue weighted by Crippen LogP contribution is 2.31. The maximum absolute atomic E-state index is 5.58. The summed E-state index contributed by atoms with van der Waals surface area (Å²) < 4.78 is 6.57. The van der Waals surface area contributed by atoms with Gasteiger partial charge in [-0.05, 0) is 53.2 Å². The van der Waals surface area contributed by atoms with E-state index in [1.165, 1.54) is 18.4 Å². The van der Waals surface area contributed by atoms with Crippen LogP contribution in [0.5, 0.6) is 5.88 Å². The molecule has 1 aliphatic carbocycles. The second-order valence-electron chi connectivity index (χ2n) is 3.50. The van der Waals surface area contributed by atoms with Crippen molar-refractivity contribution in [3.8, 4) is 5.88 Å². The summed E-state index contributed by atoms with van der Waals surface area (Å²) in [5.74, 6) is 1.50. The number of hydrogen-bond acceptors (Lipinski definition) is 2. The highest BCUT2D eigenvalue weighted by Gasteiger charge is 2.22. The smallest absolute Gasteiger partial charge is 0.228 e. The van der Waals surface area contributed by atoms with Crippen molar-refractivity contribution in [2.75, 3.05) is 6.61 Å². The van der Waals surface area contributed by atoms with E-state index in [0.717, 1.165) is 22.9 Å². The quantitative estimate of drug-likeness (QED) is 0.812. The Morgan fingerprint density at radius 2 is 2.38 bits per heavy atom. The fourth-order valence-corrected chi connectivity index (χ4v) is 1.45. The molecule has 0 aliphatic heterocycles. The van der Waals surface area contributed by atoms with E-state index in [1.807, 2.05) is 13.0 Å². The third-order valence-corrected chi connectivity index (χ3v) is 3.17.